The van der Waals surface area contributed by atoms with Gasteiger partial charge in [-0.05, 0) is 37.5 Å². The van der Waals surface area contributed by atoms with Crippen LogP contribution in [0.2, 0.25) is 0 Å². The zero-order valence-corrected chi connectivity index (χ0v) is 14.2. The summed E-state index contributed by atoms with van der Waals surface area (Å²) in [7, 11) is 0. The van der Waals surface area contributed by atoms with Crippen LogP contribution in [0.1, 0.15) is 43.0 Å². The van der Waals surface area contributed by atoms with Gasteiger partial charge in [-0.1, -0.05) is 19.4 Å². The topological polar surface area (TPSA) is 78.9 Å². The number of carbonyl (C=O) groups is 2. The van der Waals surface area contributed by atoms with Crippen LogP contribution in [0, 0.1) is 0 Å². The lowest BCUT2D eigenvalue weighted by atomic mass is 10.1. The molecular weight excluding hydrogens is 308 g/mol. The maximum Gasteiger partial charge on any atom is 0.254 e. The minimum Gasteiger partial charge on any atom is -0.395 e. The molecule has 0 radical (unpaired) electrons. The predicted molar refractivity (Wildman–Crippen MR) is 91.9 cm³/mol. The monoisotopic (exact) mass is 334 g/mol. The summed E-state index contributed by atoms with van der Waals surface area (Å²) in [6, 6.07) is 6.90. The maximum atomic E-state index is 12.6. The van der Waals surface area contributed by atoms with Gasteiger partial charge in [-0.3, -0.25) is 9.59 Å². The first-order valence-electron chi connectivity index (χ1n) is 8.58. The average molecular weight is 334 g/mol. The molecule has 1 fully saturated rings. The van der Waals surface area contributed by atoms with Crippen molar-refractivity contribution in [2.75, 3.05) is 31.6 Å². The van der Waals surface area contributed by atoms with E-state index in [2.05, 4.69) is 12.2 Å². The molecule has 0 spiro atoms. The SMILES string of the molecule is CCCCN(CCO)C(=O)c1cccc(NC(=O)C2CCCO2)c1. The van der Waals surface area contributed by atoms with Crippen LogP contribution in [-0.4, -0.2) is 54.2 Å². The van der Waals surface area contributed by atoms with Gasteiger partial charge in [0.15, 0.2) is 0 Å². The van der Waals surface area contributed by atoms with E-state index in [0.717, 1.165) is 25.7 Å². The van der Waals surface area contributed by atoms with Crippen LogP contribution in [0.3, 0.4) is 0 Å². The molecule has 1 saturated heterocycles. The van der Waals surface area contributed by atoms with Crippen molar-refractivity contribution < 1.29 is 19.4 Å². The van der Waals surface area contributed by atoms with Crippen molar-refractivity contribution in [2.45, 2.75) is 38.7 Å². The molecule has 2 N–H and O–H groups in total. The Morgan fingerprint density at radius 3 is 2.88 bits per heavy atom. The van der Waals surface area contributed by atoms with Crippen LogP contribution >= 0.6 is 0 Å². The molecule has 6 nitrogen and oxygen atoms in total. The Kier molecular flexibility index (Phi) is 7.21. The van der Waals surface area contributed by atoms with E-state index in [4.69, 9.17) is 9.84 Å². The molecule has 1 heterocycles. The minimum absolute atomic E-state index is 0.0646. The standard InChI is InChI=1S/C18H26N2O4/c1-2-3-9-20(10-11-21)18(23)14-6-4-7-15(13-14)19-17(22)16-8-5-12-24-16/h4,6-7,13,16,21H,2-3,5,8-12H2,1H3,(H,19,22). The number of aliphatic hydroxyl groups is 1. The van der Waals surface area contributed by atoms with E-state index in [1.54, 1.807) is 29.2 Å². The molecule has 1 aliphatic rings. The molecule has 1 aliphatic heterocycles. The lowest BCUT2D eigenvalue weighted by Crippen LogP contribution is -2.34. The molecular formula is C18H26N2O4. The zero-order chi connectivity index (χ0) is 17.4. The van der Waals surface area contributed by atoms with E-state index in [1.807, 2.05) is 0 Å². The van der Waals surface area contributed by atoms with Gasteiger partial charge in [0, 0.05) is 30.9 Å². The Bertz CT molecular complexity index is 556. The third kappa shape index (κ3) is 5.04. The van der Waals surface area contributed by atoms with E-state index < -0.39 is 6.10 Å². The second-order valence-electron chi connectivity index (χ2n) is 5.94. The molecule has 2 rings (SSSR count). The molecule has 6 heteroatoms. The Hall–Kier alpha value is -1.92. The number of unbranched alkanes of at least 4 members (excludes halogenated alkanes) is 1. The average Bonchev–Trinajstić information content (AvgIpc) is 3.13. The first-order valence-corrected chi connectivity index (χ1v) is 8.58. The Morgan fingerprint density at radius 2 is 2.21 bits per heavy atom. The second kappa shape index (κ2) is 9.39. The van der Waals surface area contributed by atoms with Crippen LogP contribution in [0.25, 0.3) is 0 Å². The first kappa shape index (κ1) is 18.4. The van der Waals surface area contributed by atoms with Crippen molar-refractivity contribution in [3.05, 3.63) is 29.8 Å². The number of aliphatic hydroxyl groups excluding tert-OH is 1. The van der Waals surface area contributed by atoms with Crippen molar-refractivity contribution in [2.24, 2.45) is 0 Å². The summed E-state index contributed by atoms with van der Waals surface area (Å²) in [5.74, 6) is -0.305. The van der Waals surface area contributed by atoms with E-state index in [0.29, 0.717) is 30.9 Å². The molecule has 0 aliphatic carbocycles. The summed E-state index contributed by atoms with van der Waals surface area (Å²) in [6.07, 6.45) is 3.09. The summed E-state index contributed by atoms with van der Waals surface area (Å²) < 4.78 is 5.36. The predicted octanol–water partition coefficient (Wildman–Crippen LogP) is 2.04. The molecule has 0 aromatic heterocycles. The number of amides is 2. The molecule has 2 amide bonds. The smallest absolute Gasteiger partial charge is 0.254 e. The number of carbonyl (C=O) groups excluding carboxylic acids is 2. The number of rotatable bonds is 8. The first-order chi connectivity index (χ1) is 11.7. The van der Waals surface area contributed by atoms with Gasteiger partial charge < -0.3 is 20.1 Å². The van der Waals surface area contributed by atoms with Gasteiger partial charge in [-0.25, -0.2) is 0 Å². The van der Waals surface area contributed by atoms with Gasteiger partial charge in [-0.15, -0.1) is 0 Å². The highest BCUT2D eigenvalue weighted by atomic mass is 16.5. The fraction of sp³-hybridized carbons (Fsp3) is 0.556. The highest BCUT2D eigenvalue weighted by molar-refractivity contribution is 5.98. The third-order valence-corrected chi connectivity index (χ3v) is 4.04. The molecule has 1 aromatic carbocycles. The molecule has 24 heavy (non-hydrogen) atoms. The van der Waals surface area contributed by atoms with E-state index >= 15 is 0 Å². The van der Waals surface area contributed by atoms with E-state index in [-0.39, 0.29) is 18.4 Å². The fourth-order valence-corrected chi connectivity index (χ4v) is 2.70. The Labute approximate surface area is 142 Å². The van der Waals surface area contributed by atoms with Crippen molar-refractivity contribution in [1.82, 2.24) is 4.90 Å². The van der Waals surface area contributed by atoms with Crippen molar-refractivity contribution in [3.63, 3.8) is 0 Å². The van der Waals surface area contributed by atoms with Crippen LogP contribution in [0.4, 0.5) is 5.69 Å². The summed E-state index contributed by atoms with van der Waals surface area (Å²) in [5.41, 5.74) is 1.09. The van der Waals surface area contributed by atoms with E-state index in [1.165, 1.54) is 0 Å². The summed E-state index contributed by atoms with van der Waals surface area (Å²) in [5, 5.41) is 12.0. The highest BCUT2D eigenvalue weighted by Crippen LogP contribution is 2.17. The lowest BCUT2D eigenvalue weighted by molar-refractivity contribution is -0.124. The molecule has 1 aromatic rings. The molecule has 1 atom stereocenters. The minimum atomic E-state index is -0.403. The van der Waals surface area contributed by atoms with E-state index in [9.17, 15) is 9.59 Å². The third-order valence-electron chi connectivity index (χ3n) is 4.04. The van der Waals surface area contributed by atoms with Gasteiger partial charge >= 0.3 is 0 Å². The van der Waals surface area contributed by atoms with Crippen molar-refractivity contribution in [3.8, 4) is 0 Å². The number of anilines is 1. The number of nitrogens with zero attached hydrogens (tertiary/aromatic N) is 1. The van der Waals surface area contributed by atoms with Crippen LogP contribution in [0.15, 0.2) is 24.3 Å². The quantitative estimate of drug-likeness (QED) is 0.762. The number of ether oxygens (including phenoxy) is 1. The number of nitrogens with one attached hydrogen (secondary N) is 1. The van der Waals surface area contributed by atoms with Crippen LogP contribution < -0.4 is 5.32 Å². The molecule has 1 unspecified atom stereocenters. The van der Waals surface area contributed by atoms with Gasteiger partial charge in [0.2, 0.25) is 0 Å². The highest BCUT2D eigenvalue weighted by Gasteiger charge is 2.24. The Morgan fingerprint density at radius 1 is 1.38 bits per heavy atom. The molecule has 0 bridgehead atoms. The van der Waals surface area contributed by atoms with Gasteiger partial charge in [0.1, 0.15) is 6.10 Å². The van der Waals surface area contributed by atoms with Crippen LogP contribution in [0.5, 0.6) is 0 Å². The second-order valence-corrected chi connectivity index (χ2v) is 5.94. The lowest BCUT2D eigenvalue weighted by Gasteiger charge is -2.22. The number of benzene rings is 1. The van der Waals surface area contributed by atoms with Gasteiger partial charge in [0.05, 0.1) is 6.61 Å². The normalized spacial score (nSPS) is 16.8. The summed E-state index contributed by atoms with van der Waals surface area (Å²) >= 11 is 0. The van der Waals surface area contributed by atoms with Gasteiger partial charge in [0.25, 0.3) is 11.8 Å². The maximum absolute atomic E-state index is 12.6. The summed E-state index contributed by atoms with van der Waals surface area (Å²) in [4.78, 5) is 26.4. The number of hydrogen-bond donors (Lipinski definition) is 2. The number of hydrogen-bond acceptors (Lipinski definition) is 4. The Balaban J connectivity index is 2.04. The van der Waals surface area contributed by atoms with Crippen LogP contribution in [-0.2, 0) is 9.53 Å². The fourth-order valence-electron chi connectivity index (χ4n) is 2.70. The largest absolute Gasteiger partial charge is 0.395 e. The molecule has 0 saturated carbocycles. The van der Waals surface area contributed by atoms with Gasteiger partial charge in [-0.2, -0.15) is 0 Å². The molecule has 132 valence electrons. The van der Waals surface area contributed by atoms with Crippen molar-refractivity contribution >= 4 is 17.5 Å². The summed E-state index contributed by atoms with van der Waals surface area (Å²) in [6.45, 7) is 3.53. The zero-order valence-electron chi connectivity index (χ0n) is 14.2. The van der Waals surface area contributed by atoms with Crippen molar-refractivity contribution in [1.29, 1.82) is 0 Å².